The van der Waals surface area contributed by atoms with Crippen molar-refractivity contribution in [3.05, 3.63) is 11.6 Å². The van der Waals surface area contributed by atoms with E-state index in [4.69, 9.17) is 0 Å². The minimum Gasteiger partial charge on any atom is -0.393 e. The molecule has 0 heterocycles. The zero-order valence-corrected chi connectivity index (χ0v) is 14.4. The fourth-order valence-electron chi connectivity index (χ4n) is 7.04. The highest BCUT2D eigenvalue weighted by Gasteiger charge is 2.59. The number of aliphatic hydroxyl groups excluding tert-OH is 2. The molecule has 4 aliphatic rings. The van der Waals surface area contributed by atoms with Crippen LogP contribution in [0.25, 0.3) is 0 Å². The summed E-state index contributed by atoms with van der Waals surface area (Å²) in [6.45, 7) is 7.19. The van der Waals surface area contributed by atoms with Crippen LogP contribution >= 0.6 is 0 Å². The molecule has 0 bridgehead atoms. The van der Waals surface area contributed by atoms with E-state index < -0.39 is 0 Å². The lowest BCUT2D eigenvalue weighted by molar-refractivity contribution is -0.0858. The van der Waals surface area contributed by atoms with E-state index in [2.05, 4.69) is 26.8 Å². The van der Waals surface area contributed by atoms with E-state index in [-0.39, 0.29) is 23.0 Å². The highest BCUT2D eigenvalue weighted by atomic mass is 16.3. The van der Waals surface area contributed by atoms with E-state index in [0.717, 1.165) is 31.1 Å². The summed E-state index contributed by atoms with van der Waals surface area (Å²) in [6.07, 6.45) is 9.99. The Morgan fingerprint density at radius 2 is 1.86 bits per heavy atom. The molecule has 8 atom stereocenters. The fraction of sp³-hybridized carbons (Fsp3) is 0.900. The summed E-state index contributed by atoms with van der Waals surface area (Å²) in [6, 6.07) is 0. The Bertz CT molecular complexity index is 498. The van der Waals surface area contributed by atoms with Crippen LogP contribution in [0.4, 0.5) is 0 Å². The van der Waals surface area contributed by atoms with Crippen molar-refractivity contribution in [1.29, 1.82) is 0 Å². The molecule has 3 fully saturated rings. The first kappa shape index (κ1) is 15.2. The van der Waals surface area contributed by atoms with E-state index in [1.165, 1.54) is 25.7 Å². The number of rotatable bonds is 0. The lowest BCUT2D eigenvalue weighted by Gasteiger charge is -2.59. The number of aliphatic hydroxyl groups is 2. The molecule has 0 aromatic carbocycles. The van der Waals surface area contributed by atoms with Crippen molar-refractivity contribution >= 4 is 0 Å². The minimum atomic E-state index is -0.131. The second-order valence-electron chi connectivity index (χ2n) is 9.26. The first-order valence-electron chi connectivity index (χ1n) is 9.43. The maximum atomic E-state index is 10.5. The van der Waals surface area contributed by atoms with Crippen LogP contribution in [0.15, 0.2) is 11.6 Å². The van der Waals surface area contributed by atoms with Crippen molar-refractivity contribution in [1.82, 2.24) is 0 Å². The van der Waals surface area contributed by atoms with Gasteiger partial charge in [0.25, 0.3) is 0 Å². The molecule has 4 aliphatic carbocycles. The third-order valence-electron chi connectivity index (χ3n) is 8.59. The Morgan fingerprint density at radius 3 is 2.64 bits per heavy atom. The molecule has 2 nitrogen and oxygen atoms in total. The molecule has 2 heteroatoms. The van der Waals surface area contributed by atoms with E-state index in [1.54, 1.807) is 5.57 Å². The second-order valence-corrected chi connectivity index (χ2v) is 9.26. The van der Waals surface area contributed by atoms with Gasteiger partial charge in [0.05, 0.1) is 12.2 Å². The van der Waals surface area contributed by atoms with Crippen LogP contribution in [0, 0.1) is 34.5 Å². The van der Waals surface area contributed by atoms with Gasteiger partial charge in [-0.1, -0.05) is 32.4 Å². The summed E-state index contributed by atoms with van der Waals surface area (Å²) in [4.78, 5) is 0. The number of hydrogen-bond donors (Lipinski definition) is 2. The molecule has 0 saturated heterocycles. The van der Waals surface area contributed by atoms with Crippen molar-refractivity contribution < 1.29 is 10.2 Å². The first-order valence-corrected chi connectivity index (χ1v) is 9.43. The maximum absolute atomic E-state index is 10.5. The Balaban J connectivity index is 1.71. The average molecular weight is 304 g/mol. The Hall–Kier alpha value is -0.340. The fourth-order valence-corrected chi connectivity index (χ4v) is 7.04. The van der Waals surface area contributed by atoms with Crippen molar-refractivity contribution in [2.75, 3.05) is 0 Å². The highest BCUT2D eigenvalue weighted by Crippen LogP contribution is 2.65. The normalized spacial score (nSPS) is 57.6. The van der Waals surface area contributed by atoms with E-state index in [0.29, 0.717) is 11.8 Å². The highest BCUT2D eigenvalue weighted by molar-refractivity contribution is 5.26. The maximum Gasteiger partial charge on any atom is 0.0596 e. The van der Waals surface area contributed by atoms with Gasteiger partial charge in [0.1, 0.15) is 0 Å². The topological polar surface area (TPSA) is 40.5 Å². The zero-order valence-electron chi connectivity index (χ0n) is 14.4. The van der Waals surface area contributed by atoms with Crippen LogP contribution in [0.2, 0.25) is 0 Å². The standard InChI is InChI=1S/C20H32O2/c1-12-10-14(21)11-13-4-5-15-16-6-7-18(22)19(16,2)9-8-17(15)20(12,13)3/h4,12,14-18,21-22H,5-11H2,1-3H3/t12?,14-,15-,16-,17-,18-,19-,20-/m0/s1. The van der Waals surface area contributed by atoms with Crippen LogP contribution in [-0.2, 0) is 0 Å². The summed E-state index contributed by atoms with van der Waals surface area (Å²) in [7, 11) is 0. The molecule has 3 saturated carbocycles. The molecule has 4 rings (SSSR count). The smallest absolute Gasteiger partial charge is 0.0596 e. The van der Waals surface area contributed by atoms with Gasteiger partial charge >= 0.3 is 0 Å². The van der Waals surface area contributed by atoms with E-state index in [1.807, 2.05) is 0 Å². The summed E-state index contributed by atoms with van der Waals surface area (Å²) in [5.41, 5.74) is 2.00. The molecular formula is C20H32O2. The van der Waals surface area contributed by atoms with Gasteiger partial charge in [-0.2, -0.15) is 0 Å². The first-order chi connectivity index (χ1) is 10.4. The number of hydrogen-bond acceptors (Lipinski definition) is 2. The van der Waals surface area contributed by atoms with Gasteiger partial charge in [0.2, 0.25) is 0 Å². The monoisotopic (exact) mass is 304 g/mol. The molecule has 124 valence electrons. The molecule has 0 aliphatic heterocycles. The zero-order chi connectivity index (χ0) is 15.7. The van der Waals surface area contributed by atoms with Crippen LogP contribution in [-0.4, -0.2) is 22.4 Å². The van der Waals surface area contributed by atoms with Gasteiger partial charge in [-0.05, 0) is 79.4 Å². The molecule has 0 radical (unpaired) electrons. The van der Waals surface area contributed by atoms with Crippen LogP contribution in [0.5, 0.6) is 0 Å². The minimum absolute atomic E-state index is 0.0813. The van der Waals surface area contributed by atoms with Crippen molar-refractivity contribution in [2.24, 2.45) is 34.5 Å². The molecule has 0 aromatic heterocycles. The van der Waals surface area contributed by atoms with Gasteiger partial charge in [-0.25, -0.2) is 0 Å². The summed E-state index contributed by atoms with van der Waals surface area (Å²) in [5.74, 6) is 2.79. The molecule has 0 amide bonds. The molecule has 1 unspecified atom stereocenters. The predicted molar refractivity (Wildman–Crippen MR) is 88.3 cm³/mol. The Labute approximate surface area is 135 Å². The number of allylic oxidation sites excluding steroid dienone is 1. The average Bonchev–Trinajstić information content (AvgIpc) is 2.77. The lowest BCUT2D eigenvalue weighted by atomic mass is 9.46. The van der Waals surface area contributed by atoms with Gasteiger partial charge in [-0.15, -0.1) is 0 Å². The van der Waals surface area contributed by atoms with E-state index >= 15 is 0 Å². The molecular weight excluding hydrogens is 272 g/mol. The van der Waals surface area contributed by atoms with Crippen LogP contribution in [0.3, 0.4) is 0 Å². The van der Waals surface area contributed by atoms with Crippen molar-refractivity contribution in [3.8, 4) is 0 Å². The SMILES string of the molecule is CC1C[C@H](O)CC2=CC[C@H]3[C@@H]4CC[C@H](O)[C@@]4(C)CC[C@@H]3[C@]21C. The largest absolute Gasteiger partial charge is 0.393 e. The van der Waals surface area contributed by atoms with Crippen LogP contribution < -0.4 is 0 Å². The van der Waals surface area contributed by atoms with Gasteiger partial charge < -0.3 is 10.2 Å². The molecule has 2 N–H and O–H groups in total. The molecule has 0 aromatic rings. The molecule has 22 heavy (non-hydrogen) atoms. The summed E-state index contributed by atoms with van der Waals surface area (Å²) < 4.78 is 0. The van der Waals surface area contributed by atoms with Crippen LogP contribution in [0.1, 0.15) is 65.7 Å². The quantitative estimate of drug-likeness (QED) is 0.666. The van der Waals surface area contributed by atoms with Gasteiger partial charge in [0.15, 0.2) is 0 Å². The molecule has 0 spiro atoms. The predicted octanol–water partition coefficient (Wildman–Crippen LogP) is 3.92. The van der Waals surface area contributed by atoms with Crippen molar-refractivity contribution in [2.45, 2.75) is 77.9 Å². The van der Waals surface area contributed by atoms with Gasteiger partial charge in [-0.3, -0.25) is 0 Å². The summed E-state index contributed by atoms with van der Waals surface area (Å²) in [5, 5.41) is 20.7. The Morgan fingerprint density at radius 1 is 1.09 bits per heavy atom. The lowest BCUT2D eigenvalue weighted by Crippen LogP contribution is -2.53. The third kappa shape index (κ3) is 1.80. The van der Waals surface area contributed by atoms with Gasteiger partial charge in [0, 0.05) is 0 Å². The van der Waals surface area contributed by atoms with Crippen molar-refractivity contribution in [3.63, 3.8) is 0 Å². The third-order valence-corrected chi connectivity index (χ3v) is 8.59. The summed E-state index contributed by atoms with van der Waals surface area (Å²) >= 11 is 0. The Kier molecular flexibility index (Phi) is 3.34. The number of fused-ring (bicyclic) bond motifs is 5. The second kappa shape index (κ2) is 4.83. The van der Waals surface area contributed by atoms with E-state index in [9.17, 15) is 10.2 Å².